The van der Waals surface area contributed by atoms with E-state index in [1.165, 1.54) is 244 Å². The number of amides is 1. The van der Waals surface area contributed by atoms with E-state index in [1.807, 2.05) is 0 Å². The fourth-order valence-corrected chi connectivity index (χ4v) is 9.43. The fourth-order valence-electron chi connectivity index (χ4n) is 9.43. The van der Waals surface area contributed by atoms with Gasteiger partial charge in [0.05, 0.1) is 25.4 Å². The second-order valence-electron chi connectivity index (χ2n) is 21.0. The number of ether oxygens (including phenoxy) is 1. The highest BCUT2D eigenvalue weighted by atomic mass is 16.5. The van der Waals surface area contributed by atoms with Crippen LogP contribution in [-0.4, -0.2) is 47.4 Å². The van der Waals surface area contributed by atoms with Gasteiger partial charge in [0.15, 0.2) is 0 Å². The van der Waals surface area contributed by atoms with Gasteiger partial charge in [0.1, 0.15) is 0 Å². The summed E-state index contributed by atoms with van der Waals surface area (Å²) in [5, 5.41) is 23.1. The Morgan fingerprint density at radius 3 is 1.13 bits per heavy atom. The molecule has 6 heteroatoms. The van der Waals surface area contributed by atoms with E-state index in [9.17, 15) is 19.8 Å². The minimum atomic E-state index is -0.664. The van der Waals surface area contributed by atoms with Gasteiger partial charge in [-0.25, -0.2) is 0 Å². The number of esters is 1. The predicted molar refractivity (Wildman–Crippen MR) is 301 cm³/mol. The average Bonchev–Trinajstić information content (AvgIpc) is 3.35. The molecule has 2 unspecified atom stereocenters. The van der Waals surface area contributed by atoms with Crippen LogP contribution in [0.3, 0.4) is 0 Å². The van der Waals surface area contributed by atoms with Crippen LogP contribution in [0.4, 0.5) is 0 Å². The summed E-state index contributed by atoms with van der Waals surface area (Å²) in [6, 6.07) is -0.541. The van der Waals surface area contributed by atoms with E-state index in [0.29, 0.717) is 25.9 Å². The van der Waals surface area contributed by atoms with Gasteiger partial charge >= 0.3 is 5.97 Å². The molecule has 0 bridgehead atoms. The zero-order valence-electron chi connectivity index (χ0n) is 46.3. The molecule has 0 saturated heterocycles. The minimum absolute atomic E-state index is 0.000692. The van der Waals surface area contributed by atoms with Gasteiger partial charge in [0.2, 0.25) is 5.91 Å². The number of nitrogens with one attached hydrogen (secondary N) is 1. The number of rotatable bonds is 57. The highest BCUT2D eigenvalue weighted by molar-refractivity contribution is 5.76. The van der Waals surface area contributed by atoms with Crippen LogP contribution in [0.25, 0.3) is 0 Å². The zero-order valence-corrected chi connectivity index (χ0v) is 46.3. The predicted octanol–water partition coefficient (Wildman–Crippen LogP) is 19.2. The molecule has 0 radical (unpaired) electrons. The first-order chi connectivity index (χ1) is 34.0. The second kappa shape index (κ2) is 58.6. The lowest BCUT2D eigenvalue weighted by Crippen LogP contribution is -2.45. The zero-order chi connectivity index (χ0) is 50.0. The average molecular weight is 971 g/mol. The lowest BCUT2D eigenvalue weighted by molar-refractivity contribution is -0.143. The molecule has 3 N–H and O–H groups in total. The van der Waals surface area contributed by atoms with Crippen molar-refractivity contribution in [3.05, 3.63) is 36.5 Å². The molecule has 406 valence electrons. The third kappa shape index (κ3) is 55.2. The van der Waals surface area contributed by atoms with Gasteiger partial charge in [0, 0.05) is 12.8 Å². The number of carbonyl (C=O) groups is 2. The van der Waals surface area contributed by atoms with Crippen molar-refractivity contribution in [3.63, 3.8) is 0 Å². The topological polar surface area (TPSA) is 95.9 Å². The van der Waals surface area contributed by atoms with E-state index < -0.39 is 12.1 Å². The number of allylic oxidation sites excluding steroid dienone is 6. The Hall–Kier alpha value is -1.92. The van der Waals surface area contributed by atoms with Crippen molar-refractivity contribution in [1.82, 2.24) is 5.32 Å². The standard InChI is InChI=1S/C63H119NO5/c1-3-5-7-9-11-13-15-16-17-31-34-37-41-45-49-53-57-63(68)69-58-54-50-46-42-38-35-32-29-27-25-23-21-19-18-20-22-24-26-28-30-33-36-40-44-48-52-56-62(67)64-60(59-65)61(66)55-51-47-43-39-14-12-10-8-6-4-2/h13,15,17-18,20,31,60-61,65-66H,3-12,14,16,19,21-30,32-59H2,1-2H3,(H,64,67)/b15-13-,20-18-,31-17-. The Labute approximate surface area is 430 Å². The highest BCUT2D eigenvalue weighted by Crippen LogP contribution is 2.17. The van der Waals surface area contributed by atoms with Crippen LogP contribution >= 0.6 is 0 Å². The van der Waals surface area contributed by atoms with E-state index in [-0.39, 0.29) is 18.5 Å². The van der Waals surface area contributed by atoms with Gasteiger partial charge in [0.25, 0.3) is 0 Å². The van der Waals surface area contributed by atoms with E-state index in [1.54, 1.807) is 0 Å². The molecule has 0 aliphatic rings. The molecule has 69 heavy (non-hydrogen) atoms. The van der Waals surface area contributed by atoms with E-state index in [2.05, 4.69) is 55.6 Å². The number of aliphatic hydroxyl groups is 2. The molecule has 6 nitrogen and oxygen atoms in total. The lowest BCUT2D eigenvalue weighted by Gasteiger charge is -2.22. The molecule has 0 fully saturated rings. The van der Waals surface area contributed by atoms with Crippen molar-refractivity contribution in [1.29, 1.82) is 0 Å². The molecule has 0 spiro atoms. The summed E-state index contributed by atoms with van der Waals surface area (Å²) in [6.07, 6.45) is 73.0. The van der Waals surface area contributed by atoms with Gasteiger partial charge in [-0.05, 0) is 83.5 Å². The maximum Gasteiger partial charge on any atom is 0.305 e. The molecule has 0 saturated carbocycles. The molecule has 0 aromatic carbocycles. The maximum absolute atomic E-state index is 12.4. The van der Waals surface area contributed by atoms with Crippen LogP contribution in [-0.2, 0) is 14.3 Å². The van der Waals surface area contributed by atoms with Crippen molar-refractivity contribution < 1.29 is 24.5 Å². The Morgan fingerprint density at radius 2 is 0.725 bits per heavy atom. The van der Waals surface area contributed by atoms with Crippen molar-refractivity contribution in [2.24, 2.45) is 0 Å². The largest absolute Gasteiger partial charge is 0.466 e. The highest BCUT2D eigenvalue weighted by Gasteiger charge is 2.20. The Morgan fingerprint density at radius 1 is 0.406 bits per heavy atom. The first-order valence-electron chi connectivity index (χ1n) is 30.7. The minimum Gasteiger partial charge on any atom is -0.466 e. The van der Waals surface area contributed by atoms with Crippen LogP contribution < -0.4 is 5.32 Å². The second-order valence-corrected chi connectivity index (χ2v) is 21.0. The van der Waals surface area contributed by atoms with Crippen molar-refractivity contribution in [2.75, 3.05) is 13.2 Å². The normalized spacial score (nSPS) is 12.8. The Kier molecular flexibility index (Phi) is 57.0. The summed E-state index contributed by atoms with van der Waals surface area (Å²) in [5.41, 5.74) is 0. The van der Waals surface area contributed by atoms with Crippen LogP contribution in [0.15, 0.2) is 36.5 Å². The third-order valence-corrected chi connectivity index (χ3v) is 14.2. The first kappa shape index (κ1) is 67.1. The molecular weight excluding hydrogens is 851 g/mol. The van der Waals surface area contributed by atoms with E-state index in [4.69, 9.17) is 4.74 Å². The van der Waals surface area contributed by atoms with Gasteiger partial charge in [-0.3, -0.25) is 9.59 Å². The van der Waals surface area contributed by atoms with Crippen LogP contribution in [0, 0.1) is 0 Å². The first-order valence-corrected chi connectivity index (χ1v) is 30.7. The van der Waals surface area contributed by atoms with Gasteiger partial charge < -0.3 is 20.3 Å². The molecule has 2 atom stereocenters. The van der Waals surface area contributed by atoms with Gasteiger partial charge in [-0.15, -0.1) is 0 Å². The molecule has 1 amide bonds. The molecule has 0 heterocycles. The Balaban J connectivity index is 3.37. The van der Waals surface area contributed by atoms with Gasteiger partial charge in [-0.1, -0.05) is 269 Å². The SMILES string of the molecule is CCCCCC/C=C\C/C=C\CCCCCCCC(=O)OCCCCCCCCCCCCCC/C=C\CCCCCCCCCCCCC(=O)NC(CO)C(O)CCCCCCCCCCCC. The molecule has 0 aliphatic heterocycles. The van der Waals surface area contributed by atoms with E-state index >= 15 is 0 Å². The number of carbonyl (C=O) groups excluding carboxylic acids is 2. The summed E-state index contributed by atoms with van der Waals surface area (Å²) in [6.45, 7) is 4.92. The summed E-state index contributed by atoms with van der Waals surface area (Å²) < 4.78 is 5.48. The molecule has 0 aromatic heterocycles. The van der Waals surface area contributed by atoms with E-state index in [0.717, 1.165) is 51.4 Å². The summed E-state index contributed by atoms with van der Waals surface area (Å²) in [4.78, 5) is 24.5. The quantitative estimate of drug-likeness (QED) is 0.0321. The Bertz CT molecular complexity index is 1120. The van der Waals surface area contributed by atoms with Crippen molar-refractivity contribution in [2.45, 2.75) is 341 Å². The molecule has 0 rings (SSSR count). The summed E-state index contributed by atoms with van der Waals surface area (Å²) in [7, 11) is 0. The monoisotopic (exact) mass is 970 g/mol. The number of hydrogen-bond donors (Lipinski definition) is 3. The van der Waals surface area contributed by atoms with Gasteiger partial charge in [-0.2, -0.15) is 0 Å². The maximum atomic E-state index is 12.4. The number of hydrogen-bond acceptors (Lipinski definition) is 5. The number of aliphatic hydroxyl groups excluding tert-OH is 2. The smallest absolute Gasteiger partial charge is 0.305 e. The summed E-state index contributed by atoms with van der Waals surface area (Å²) in [5.74, 6) is -0.0375. The molecule has 0 aliphatic carbocycles. The fraction of sp³-hybridized carbons (Fsp3) is 0.873. The van der Waals surface area contributed by atoms with Crippen LogP contribution in [0.5, 0.6) is 0 Å². The summed E-state index contributed by atoms with van der Waals surface area (Å²) >= 11 is 0. The van der Waals surface area contributed by atoms with Crippen molar-refractivity contribution in [3.8, 4) is 0 Å². The number of unbranched alkanes of at least 4 members (excludes halogenated alkanes) is 40. The molecular formula is C63H119NO5. The van der Waals surface area contributed by atoms with Crippen molar-refractivity contribution >= 4 is 11.9 Å². The molecule has 0 aromatic rings. The third-order valence-electron chi connectivity index (χ3n) is 14.2. The van der Waals surface area contributed by atoms with Crippen LogP contribution in [0.1, 0.15) is 328 Å². The lowest BCUT2D eigenvalue weighted by atomic mass is 10.0. The van der Waals surface area contributed by atoms with Crippen LogP contribution in [0.2, 0.25) is 0 Å².